The Kier molecular flexibility index (Phi) is 4.92. The zero-order chi connectivity index (χ0) is 15.2. The highest BCUT2D eigenvalue weighted by molar-refractivity contribution is 6.01. The lowest BCUT2D eigenvalue weighted by Crippen LogP contribution is -2.30. The van der Waals surface area contributed by atoms with Crippen molar-refractivity contribution in [1.29, 1.82) is 0 Å². The summed E-state index contributed by atoms with van der Waals surface area (Å²) in [4.78, 5) is 35.9. The molecule has 4 amide bonds. The molecule has 112 valence electrons. The number of imide groups is 1. The highest BCUT2D eigenvalue weighted by Crippen LogP contribution is 2.10. The Morgan fingerprint density at radius 2 is 2.00 bits per heavy atom. The van der Waals surface area contributed by atoms with Crippen molar-refractivity contribution < 1.29 is 14.4 Å². The number of hydrogen-bond donors (Lipinski definition) is 2. The van der Waals surface area contributed by atoms with Crippen molar-refractivity contribution in [3.63, 3.8) is 0 Å². The number of carbonyl (C=O) groups is 3. The number of rotatable bonds is 6. The minimum atomic E-state index is -0.374. The van der Waals surface area contributed by atoms with E-state index in [1.54, 1.807) is 24.3 Å². The van der Waals surface area contributed by atoms with Crippen LogP contribution in [0.3, 0.4) is 0 Å². The van der Waals surface area contributed by atoms with E-state index in [4.69, 9.17) is 0 Å². The van der Waals surface area contributed by atoms with Gasteiger partial charge in [-0.1, -0.05) is 25.5 Å². The molecule has 1 heterocycles. The summed E-state index contributed by atoms with van der Waals surface area (Å²) in [5.41, 5.74) is 1.39. The largest absolute Gasteiger partial charge is 0.352 e. The maximum absolute atomic E-state index is 11.8. The topological polar surface area (TPSA) is 78.5 Å². The molecule has 1 fully saturated rings. The smallest absolute Gasteiger partial charge is 0.324 e. The van der Waals surface area contributed by atoms with E-state index in [1.165, 1.54) is 0 Å². The van der Waals surface area contributed by atoms with Gasteiger partial charge in [-0.25, -0.2) is 4.79 Å². The predicted octanol–water partition coefficient (Wildman–Crippen LogP) is 1.27. The van der Waals surface area contributed by atoms with Crippen LogP contribution in [0.4, 0.5) is 4.79 Å². The molecular formula is C15H19N3O3. The highest BCUT2D eigenvalue weighted by Gasteiger charge is 2.28. The molecule has 6 nitrogen and oxygen atoms in total. The van der Waals surface area contributed by atoms with Crippen molar-refractivity contribution in [2.24, 2.45) is 0 Å². The number of unbranched alkanes of at least 4 members (excludes halogenated alkanes) is 1. The van der Waals surface area contributed by atoms with Crippen LogP contribution in [0.1, 0.15) is 35.7 Å². The maximum Gasteiger partial charge on any atom is 0.324 e. The summed E-state index contributed by atoms with van der Waals surface area (Å²) >= 11 is 0. The molecule has 0 atom stereocenters. The van der Waals surface area contributed by atoms with Crippen LogP contribution < -0.4 is 10.6 Å². The van der Waals surface area contributed by atoms with E-state index in [1.807, 2.05) is 0 Å². The Balaban J connectivity index is 1.94. The van der Waals surface area contributed by atoms with Crippen LogP contribution in [0.5, 0.6) is 0 Å². The lowest BCUT2D eigenvalue weighted by molar-refractivity contribution is -0.125. The molecule has 6 heteroatoms. The third kappa shape index (κ3) is 3.81. The van der Waals surface area contributed by atoms with Gasteiger partial charge in [0.05, 0.1) is 13.1 Å². The van der Waals surface area contributed by atoms with Gasteiger partial charge in [-0.15, -0.1) is 0 Å². The van der Waals surface area contributed by atoms with Gasteiger partial charge in [0.15, 0.2) is 0 Å². The molecule has 1 aromatic carbocycles. The molecular weight excluding hydrogens is 270 g/mol. The van der Waals surface area contributed by atoms with Crippen LogP contribution in [-0.2, 0) is 11.3 Å². The van der Waals surface area contributed by atoms with E-state index in [2.05, 4.69) is 17.6 Å². The number of nitrogens with zero attached hydrogens (tertiary/aromatic N) is 1. The van der Waals surface area contributed by atoms with Crippen LogP contribution in [0.2, 0.25) is 0 Å². The Morgan fingerprint density at radius 1 is 1.29 bits per heavy atom. The summed E-state index contributed by atoms with van der Waals surface area (Å²) in [6.07, 6.45) is 1.99. The van der Waals surface area contributed by atoms with Gasteiger partial charge >= 0.3 is 6.03 Å². The summed E-state index contributed by atoms with van der Waals surface area (Å²) in [6.45, 7) is 3.01. The van der Waals surface area contributed by atoms with E-state index >= 15 is 0 Å². The van der Waals surface area contributed by atoms with Crippen molar-refractivity contribution in [2.75, 3.05) is 13.1 Å². The SMILES string of the molecule is CCCCNC(=O)c1ccc(CN2C(=O)CNC2=O)cc1. The molecule has 1 aliphatic heterocycles. The molecule has 0 aliphatic carbocycles. The minimum absolute atomic E-state index is 0.0523. The second-order valence-electron chi connectivity index (χ2n) is 4.94. The summed E-state index contributed by atoms with van der Waals surface area (Å²) in [5.74, 6) is -0.341. The first-order valence-electron chi connectivity index (χ1n) is 7.07. The standard InChI is InChI=1S/C15H19N3O3/c1-2-3-8-16-14(20)12-6-4-11(5-7-12)10-18-13(19)9-17-15(18)21/h4-7H,2-3,8-10H2,1H3,(H,16,20)(H,17,21). The summed E-state index contributed by atoms with van der Waals surface area (Å²) in [6, 6.07) is 6.55. The predicted molar refractivity (Wildman–Crippen MR) is 77.6 cm³/mol. The van der Waals surface area contributed by atoms with E-state index in [0.29, 0.717) is 12.1 Å². The molecule has 2 N–H and O–H groups in total. The average molecular weight is 289 g/mol. The van der Waals surface area contributed by atoms with Crippen LogP contribution in [0.25, 0.3) is 0 Å². The van der Waals surface area contributed by atoms with E-state index < -0.39 is 0 Å². The molecule has 21 heavy (non-hydrogen) atoms. The van der Waals surface area contributed by atoms with Gasteiger partial charge in [-0.2, -0.15) is 0 Å². The van der Waals surface area contributed by atoms with Crippen LogP contribution in [0, 0.1) is 0 Å². The Bertz CT molecular complexity index is 524. The van der Waals surface area contributed by atoms with Crippen molar-refractivity contribution in [2.45, 2.75) is 26.3 Å². The Morgan fingerprint density at radius 3 is 2.57 bits per heavy atom. The van der Waals surface area contributed by atoms with Crippen molar-refractivity contribution in [3.8, 4) is 0 Å². The number of amides is 4. The first-order valence-corrected chi connectivity index (χ1v) is 7.07. The zero-order valence-corrected chi connectivity index (χ0v) is 12.0. The van der Waals surface area contributed by atoms with Crippen LogP contribution in [0.15, 0.2) is 24.3 Å². The van der Waals surface area contributed by atoms with Gasteiger partial charge in [0.25, 0.3) is 5.91 Å². The fourth-order valence-corrected chi connectivity index (χ4v) is 2.04. The van der Waals surface area contributed by atoms with E-state index in [-0.39, 0.29) is 30.9 Å². The quantitative estimate of drug-likeness (QED) is 0.611. The Labute approximate surface area is 123 Å². The lowest BCUT2D eigenvalue weighted by atomic mass is 10.1. The second kappa shape index (κ2) is 6.88. The van der Waals surface area contributed by atoms with Gasteiger partial charge in [0.2, 0.25) is 5.91 Å². The number of carbonyl (C=O) groups excluding carboxylic acids is 3. The van der Waals surface area contributed by atoms with Crippen LogP contribution in [-0.4, -0.2) is 35.8 Å². The summed E-state index contributed by atoms with van der Waals surface area (Å²) in [7, 11) is 0. The van der Waals surface area contributed by atoms with Crippen molar-refractivity contribution in [3.05, 3.63) is 35.4 Å². The third-order valence-corrected chi connectivity index (χ3v) is 3.31. The molecule has 0 spiro atoms. The van der Waals surface area contributed by atoms with Crippen molar-refractivity contribution >= 4 is 17.8 Å². The molecule has 0 bridgehead atoms. The zero-order valence-electron chi connectivity index (χ0n) is 12.0. The number of benzene rings is 1. The molecule has 1 aliphatic rings. The van der Waals surface area contributed by atoms with E-state index in [0.717, 1.165) is 23.3 Å². The lowest BCUT2D eigenvalue weighted by Gasteiger charge is -2.12. The molecule has 0 saturated carbocycles. The van der Waals surface area contributed by atoms with Gasteiger partial charge in [-0.05, 0) is 24.1 Å². The Hall–Kier alpha value is -2.37. The molecule has 0 unspecified atom stereocenters. The average Bonchev–Trinajstić information content (AvgIpc) is 2.80. The van der Waals surface area contributed by atoms with Crippen molar-refractivity contribution in [1.82, 2.24) is 15.5 Å². The molecule has 1 aromatic rings. The monoisotopic (exact) mass is 289 g/mol. The normalized spacial score (nSPS) is 14.2. The molecule has 2 rings (SSSR count). The van der Waals surface area contributed by atoms with Gasteiger partial charge < -0.3 is 10.6 Å². The van der Waals surface area contributed by atoms with Gasteiger partial charge in [0, 0.05) is 12.1 Å². The fourth-order valence-electron chi connectivity index (χ4n) is 2.04. The van der Waals surface area contributed by atoms with Crippen LogP contribution >= 0.6 is 0 Å². The maximum atomic E-state index is 11.8. The third-order valence-electron chi connectivity index (χ3n) is 3.31. The summed E-state index contributed by atoms with van der Waals surface area (Å²) in [5, 5.41) is 5.31. The number of nitrogens with one attached hydrogen (secondary N) is 2. The van der Waals surface area contributed by atoms with Gasteiger partial charge in [0.1, 0.15) is 0 Å². The highest BCUT2D eigenvalue weighted by atomic mass is 16.2. The fraction of sp³-hybridized carbons (Fsp3) is 0.400. The van der Waals surface area contributed by atoms with Gasteiger partial charge in [-0.3, -0.25) is 14.5 Å². The van der Waals surface area contributed by atoms with E-state index in [9.17, 15) is 14.4 Å². The first kappa shape index (κ1) is 15.0. The molecule has 1 saturated heterocycles. The number of urea groups is 1. The minimum Gasteiger partial charge on any atom is -0.352 e. The summed E-state index contributed by atoms with van der Waals surface area (Å²) < 4.78 is 0. The number of hydrogen-bond acceptors (Lipinski definition) is 3. The molecule has 0 aromatic heterocycles. The molecule has 0 radical (unpaired) electrons. The second-order valence-corrected chi connectivity index (χ2v) is 4.94. The first-order chi connectivity index (χ1) is 10.1.